The van der Waals surface area contributed by atoms with Crippen LogP contribution in [0.25, 0.3) is 0 Å². The number of rotatable bonds is 4. The number of aromatic nitrogens is 2. The zero-order valence-corrected chi connectivity index (χ0v) is 15.5. The summed E-state index contributed by atoms with van der Waals surface area (Å²) in [6, 6.07) is 8.51. The summed E-state index contributed by atoms with van der Waals surface area (Å²) < 4.78 is 1.84. The molecule has 1 aromatic carbocycles. The third-order valence-electron chi connectivity index (χ3n) is 5.42. The average Bonchev–Trinajstić information content (AvgIpc) is 3.30. The van der Waals surface area contributed by atoms with Gasteiger partial charge in [-0.1, -0.05) is 37.1 Å². The van der Waals surface area contributed by atoms with Crippen LogP contribution >= 0.6 is 11.8 Å². The quantitative estimate of drug-likeness (QED) is 0.841. The molecule has 2 aromatic rings. The Kier molecular flexibility index (Phi) is 4.84. The molecule has 4 nitrogen and oxygen atoms in total. The molecule has 0 bridgehead atoms. The zero-order valence-electron chi connectivity index (χ0n) is 14.7. The topological polar surface area (TPSA) is 38.1 Å². The molecule has 1 aliphatic carbocycles. The fourth-order valence-electron chi connectivity index (χ4n) is 4.04. The Morgan fingerprint density at radius 3 is 2.84 bits per heavy atom. The van der Waals surface area contributed by atoms with E-state index in [2.05, 4.69) is 35.6 Å². The molecule has 0 N–H and O–H groups in total. The predicted octanol–water partition coefficient (Wildman–Crippen LogP) is 3.57. The molecule has 1 saturated carbocycles. The molecule has 1 aliphatic heterocycles. The van der Waals surface area contributed by atoms with Gasteiger partial charge in [0, 0.05) is 37.5 Å². The van der Waals surface area contributed by atoms with E-state index in [1.165, 1.54) is 42.4 Å². The van der Waals surface area contributed by atoms with E-state index < -0.39 is 0 Å². The normalized spacial score (nSPS) is 20.7. The lowest BCUT2D eigenvalue weighted by molar-refractivity contribution is -0.129. The second-order valence-electron chi connectivity index (χ2n) is 7.19. The first-order valence-corrected chi connectivity index (χ1v) is 10.2. The van der Waals surface area contributed by atoms with E-state index >= 15 is 0 Å². The SMILES string of the molecule is Cn1cc(C2CN(C(=O)CSC3CCCC3)Cc3ccccc32)cn1. The standard InChI is InChI=1S/C20H25N3OS/c1-22-11-16(10-21-22)19-13-23(12-15-6-2-5-9-18(15)19)20(24)14-25-17-7-3-4-8-17/h2,5-6,9-11,17,19H,3-4,7-8,12-14H2,1H3. The number of carbonyl (C=O) groups excluding carboxylic acids is 1. The Labute approximate surface area is 153 Å². The zero-order chi connectivity index (χ0) is 17.2. The molecule has 2 aliphatic rings. The van der Waals surface area contributed by atoms with Gasteiger partial charge in [-0.05, 0) is 29.5 Å². The minimum atomic E-state index is 0.221. The highest BCUT2D eigenvalue weighted by molar-refractivity contribution is 8.00. The van der Waals surface area contributed by atoms with Crippen LogP contribution in [0, 0.1) is 0 Å². The van der Waals surface area contributed by atoms with Crippen LogP contribution in [0.3, 0.4) is 0 Å². The van der Waals surface area contributed by atoms with Crippen molar-refractivity contribution in [1.82, 2.24) is 14.7 Å². The average molecular weight is 356 g/mol. The molecule has 1 fully saturated rings. The second kappa shape index (κ2) is 7.24. The fourth-order valence-corrected chi connectivity index (χ4v) is 5.27. The first kappa shape index (κ1) is 16.7. The van der Waals surface area contributed by atoms with Crippen molar-refractivity contribution in [1.29, 1.82) is 0 Å². The third kappa shape index (κ3) is 3.61. The van der Waals surface area contributed by atoms with E-state index in [1.807, 2.05) is 34.6 Å². The first-order chi connectivity index (χ1) is 12.2. The summed E-state index contributed by atoms with van der Waals surface area (Å²) in [6.07, 6.45) is 9.21. The summed E-state index contributed by atoms with van der Waals surface area (Å²) in [5.74, 6) is 1.12. The van der Waals surface area contributed by atoms with Gasteiger partial charge in [-0.15, -0.1) is 11.8 Å². The van der Waals surface area contributed by atoms with Crippen LogP contribution in [0.1, 0.15) is 48.3 Å². The highest BCUT2D eigenvalue weighted by Gasteiger charge is 2.30. The van der Waals surface area contributed by atoms with E-state index in [0.29, 0.717) is 11.0 Å². The summed E-state index contributed by atoms with van der Waals surface area (Å²) in [5.41, 5.74) is 3.79. The van der Waals surface area contributed by atoms with Gasteiger partial charge in [0.1, 0.15) is 0 Å². The van der Waals surface area contributed by atoms with E-state index in [0.717, 1.165) is 13.1 Å². The Bertz CT molecular complexity index is 751. The maximum absolute atomic E-state index is 12.8. The Hall–Kier alpha value is -1.75. The van der Waals surface area contributed by atoms with Gasteiger partial charge in [-0.25, -0.2) is 0 Å². The molecule has 0 saturated heterocycles. The van der Waals surface area contributed by atoms with Gasteiger partial charge in [-0.2, -0.15) is 5.10 Å². The fraction of sp³-hybridized carbons (Fsp3) is 0.500. The van der Waals surface area contributed by atoms with Crippen LogP contribution in [0.5, 0.6) is 0 Å². The molecular formula is C20H25N3OS. The molecule has 1 unspecified atom stereocenters. The van der Waals surface area contributed by atoms with Gasteiger partial charge >= 0.3 is 0 Å². The summed E-state index contributed by atoms with van der Waals surface area (Å²) in [7, 11) is 1.94. The van der Waals surface area contributed by atoms with Crippen molar-refractivity contribution in [3.63, 3.8) is 0 Å². The van der Waals surface area contributed by atoms with Crippen molar-refractivity contribution < 1.29 is 4.79 Å². The molecule has 132 valence electrons. The van der Waals surface area contributed by atoms with E-state index in [-0.39, 0.29) is 11.8 Å². The van der Waals surface area contributed by atoms with Crippen molar-refractivity contribution in [3.8, 4) is 0 Å². The monoisotopic (exact) mass is 355 g/mol. The van der Waals surface area contributed by atoms with E-state index in [1.54, 1.807) is 0 Å². The van der Waals surface area contributed by atoms with Gasteiger partial charge in [0.05, 0.1) is 11.9 Å². The van der Waals surface area contributed by atoms with Gasteiger partial charge in [-0.3, -0.25) is 9.48 Å². The number of hydrogen-bond acceptors (Lipinski definition) is 3. The Morgan fingerprint density at radius 1 is 1.28 bits per heavy atom. The van der Waals surface area contributed by atoms with E-state index in [9.17, 15) is 4.79 Å². The van der Waals surface area contributed by atoms with Gasteiger partial charge in [0.15, 0.2) is 0 Å². The van der Waals surface area contributed by atoms with Crippen LogP contribution in [0.4, 0.5) is 0 Å². The molecular weight excluding hydrogens is 330 g/mol. The number of amides is 1. The molecule has 4 rings (SSSR count). The van der Waals surface area contributed by atoms with Gasteiger partial charge in [0.25, 0.3) is 0 Å². The molecule has 25 heavy (non-hydrogen) atoms. The van der Waals surface area contributed by atoms with Crippen LogP contribution in [0.15, 0.2) is 36.7 Å². The van der Waals surface area contributed by atoms with Crippen molar-refractivity contribution >= 4 is 17.7 Å². The maximum atomic E-state index is 12.8. The number of fused-ring (bicyclic) bond motifs is 1. The number of benzene rings is 1. The maximum Gasteiger partial charge on any atom is 0.232 e. The van der Waals surface area contributed by atoms with Crippen molar-refractivity contribution in [2.45, 2.75) is 43.4 Å². The highest BCUT2D eigenvalue weighted by Crippen LogP contribution is 2.34. The molecule has 1 aromatic heterocycles. The third-order valence-corrected chi connectivity index (χ3v) is 6.78. The lowest BCUT2D eigenvalue weighted by Gasteiger charge is -2.34. The van der Waals surface area contributed by atoms with E-state index in [4.69, 9.17) is 0 Å². The number of aryl methyl sites for hydroxylation is 1. The molecule has 1 atom stereocenters. The first-order valence-electron chi connectivity index (χ1n) is 9.16. The van der Waals surface area contributed by atoms with Crippen molar-refractivity contribution in [3.05, 3.63) is 53.3 Å². The second-order valence-corrected chi connectivity index (χ2v) is 8.48. The molecule has 1 amide bonds. The van der Waals surface area contributed by atoms with Gasteiger partial charge < -0.3 is 4.90 Å². The van der Waals surface area contributed by atoms with Crippen LogP contribution in [-0.4, -0.2) is 38.1 Å². The van der Waals surface area contributed by atoms with Crippen LogP contribution < -0.4 is 0 Å². The summed E-state index contributed by atoms with van der Waals surface area (Å²) in [6.45, 7) is 1.49. The Morgan fingerprint density at radius 2 is 2.08 bits per heavy atom. The van der Waals surface area contributed by atoms with Gasteiger partial charge in [0.2, 0.25) is 5.91 Å². The molecule has 0 radical (unpaired) electrons. The predicted molar refractivity (Wildman–Crippen MR) is 102 cm³/mol. The van der Waals surface area contributed by atoms with Crippen molar-refractivity contribution in [2.24, 2.45) is 7.05 Å². The van der Waals surface area contributed by atoms with Crippen LogP contribution in [0.2, 0.25) is 0 Å². The summed E-state index contributed by atoms with van der Waals surface area (Å²) in [5, 5.41) is 5.02. The number of nitrogens with zero attached hydrogens (tertiary/aromatic N) is 3. The lowest BCUT2D eigenvalue weighted by atomic mass is 9.86. The lowest BCUT2D eigenvalue weighted by Crippen LogP contribution is -2.39. The largest absolute Gasteiger partial charge is 0.337 e. The van der Waals surface area contributed by atoms with Crippen molar-refractivity contribution in [2.75, 3.05) is 12.3 Å². The molecule has 0 spiro atoms. The number of thioether (sulfide) groups is 1. The minimum absolute atomic E-state index is 0.221. The smallest absolute Gasteiger partial charge is 0.232 e. The Balaban J connectivity index is 1.51. The summed E-state index contributed by atoms with van der Waals surface area (Å²) >= 11 is 1.86. The minimum Gasteiger partial charge on any atom is -0.337 e. The summed E-state index contributed by atoms with van der Waals surface area (Å²) in [4.78, 5) is 14.9. The molecule has 2 heterocycles. The number of hydrogen-bond donors (Lipinski definition) is 0. The van der Waals surface area contributed by atoms with Crippen LogP contribution in [-0.2, 0) is 18.4 Å². The highest BCUT2D eigenvalue weighted by atomic mass is 32.2. The number of carbonyl (C=O) groups is 1. The molecule has 5 heteroatoms.